The van der Waals surface area contributed by atoms with E-state index in [4.69, 9.17) is 19.4 Å². The van der Waals surface area contributed by atoms with Crippen molar-refractivity contribution in [2.24, 2.45) is 0 Å². The van der Waals surface area contributed by atoms with Gasteiger partial charge in [-0.1, -0.05) is 11.6 Å². The molecule has 0 amide bonds. The summed E-state index contributed by atoms with van der Waals surface area (Å²) in [5.41, 5.74) is 0. The third kappa shape index (κ3) is 1.87. The molecule has 58 valence electrons. The molecule has 1 aromatic rings. The molecule has 0 atom stereocenters. The molecule has 2 radical (unpaired) electrons. The molecule has 0 aromatic carbocycles. The van der Waals surface area contributed by atoms with Crippen molar-refractivity contribution >= 4 is 35.7 Å². The predicted molar refractivity (Wildman–Crippen MR) is 37.5 cm³/mol. The molecule has 0 spiro atoms. The first-order chi connectivity index (χ1) is 4.91. The zero-order chi connectivity index (χ0) is 8.65. The van der Waals surface area contributed by atoms with Gasteiger partial charge in [0.05, 0.1) is 0 Å². The van der Waals surface area contributed by atoms with Crippen LogP contribution in [0.1, 0.15) is 4.88 Å². The minimum absolute atomic E-state index is 0.178. The third-order valence-electron chi connectivity index (χ3n) is 0.860. The first-order valence-electron chi connectivity index (χ1n) is 2.40. The van der Waals surface area contributed by atoms with Crippen LogP contribution < -0.4 is 4.91 Å². The van der Waals surface area contributed by atoms with Crippen LogP contribution in [0.3, 0.4) is 0 Å². The van der Waals surface area contributed by atoms with Crippen molar-refractivity contribution in [3.05, 3.63) is 10.0 Å². The maximum atomic E-state index is 11.9. The van der Waals surface area contributed by atoms with Crippen LogP contribution in [-0.4, -0.2) is 12.8 Å². The van der Waals surface area contributed by atoms with Gasteiger partial charge < -0.3 is 0 Å². The molecule has 0 fully saturated rings. The maximum absolute atomic E-state index is 11.9. The first-order valence-corrected chi connectivity index (χ1v) is 3.59. The van der Waals surface area contributed by atoms with E-state index in [2.05, 4.69) is 4.98 Å². The van der Waals surface area contributed by atoms with E-state index in [0.29, 0.717) is 11.3 Å². The molecule has 0 saturated carbocycles. The molecule has 0 saturated heterocycles. The van der Waals surface area contributed by atoms with Gasteiger partial charge in [-0.15, -0.1) is 11.3 Å². The predicted octanol–water partition coefficient (Wildman–Crippen LogP) is 1.61. The van der Waals surface area contributed by atoms with Gasteiger partial charge in [0.15, 0.2) is 13.0 Å². The van der Waals surface area contributed by atoms with Crippen LogP contribution in [0, 0.1) is 0 Å². The third-order valence-corrected chi connectivity index (χ3v) is 2.17. The fourth-order valence-electron chi connectivity index (χ4n) is 0.492. The first kappa shape index (κ1) is 8.87. The number of thiazole rings is 1. The lowest BCUT2D eigenvalue weighted by Crippen LogP contribution is -2.02. The molecule has 0 aliphatic rings. The summed E-state index contributed by atoms with van der Waals surface area (Å²) in [5, 5.41) is -0.583. The second-order valence-corrected chi connectivity index (χ2v) is 3.06. The smallest absolute Gasteiger partial charge is 0.241 e. The van der Waals surface area contributed by atoms with E-state index >= 15 is 0 Å². The Morgan fingerprint density at radius 3 is 2.18 bits per heavy atom. The highest BCUT2D eigenvalue weighted by Gasteiger charge is 2.36. The average Bonchev–Trinajstić information content (AvgIpc) is 2.08. The van der Waals surface area contributed by atoms with Crippen molar-refractivity contribution in [2.75, 3.05) is 0 Å². The number of alkyl halides is 3. The van der Waals surface area contributed by atoms with Gasteiger partial charge in [0.1, 0.15) is 4.88 Å². The average molecular weight is 197 g/mol. The van der Waals surface area contributed by atoms with Crippen LogP contribution in [0.5, 0.6) is 0 Å². The summed E-state index contributed by atoms with van der Waals surface area (Å²) in [6.45, 7) is 0. The Labute approximate surface area is 70.6 Å². The summed E-state index contributed by atoms with van der Waals surface area (Å²) in [5.74, 6) is 0. The van der Waals surface area contributed by atoms with Crippen molar-refractivity contribution in [2.45, 2.75) is 6.18 Å². The van der Waals surface area contributed by atoms with Crippen molar-refractivity contribution < 1.29 is 13.2 Å². The van der Waals surface area contributed by atoms with E-state index in [-0.39, 0.29) is 4.91 Å². The van der Waals surface area contributed by atoms with Gasteiger partial charge >= 0.3 is 6.18 Å². The molecule has 0 bridgehead atoms. The van der Waals surface area contributed by atoms with Crippen LogP contribution in [0.2, 0.25) is 5.15 Å². The molecule has 0 N–H and O–H groups in total. The Morgan fingerprint density at radius 2 is 2.00 bits per heavy atom. The van der Waals surface area contributed by atoms with Gasteiger partial charge in [0.25, 0.3) is 0 Å². The van der Waals surface area contributed by atoms with Gasteiger partial charge in [-0.05, 0) is 0 Å². The maximum Gasteiger partial charge on any atom is 0.428 e. The number of hydrogen-bond acceptors (Lipinski definition) is 2. The van der Waals surface area contributed by atoms with Crippen LogP contribution in [-0.2, 0) is 6.18 Å². The number of hydrogen-bond donors (Lipinski definition) is 0. The van der Waals surface area contributed by atoms with E-state index in [1.165, 1.54) is 0 Å². The molecule has 1 rings (SSSR count). The Morgan fingerprint density at radius 1 is 1.45 bits per heavy atom. The van der Waals surface area contributed by atoms with Gasteiger partial charge in [0.2, 0.25) is 0 Å². The molecule has 11 heavy (non-hydrogen) atoms. The fraction of sp³-hybridized carbons (Fsp3) is 0.250. The van der Waals surface area contributed by atoms with Crippen LogP contribution >= 0.6 is 22.9 Å². The lowest BCUT2D eigenvalue weighted by molar-refractivity contribution is -0.134. The largest absolute Gasteiger partial charge is 0.428 e. The van der Waals surface area contributed by atoms with Crippen molar-refractivity contribution in [1.82, 2.24) is 4.98 Å². The molecule has 1 heterocycles. The van der Waals surface area contributed by atoms with Gasteiger partial charge in [-0.2, -0.15) is 13.2 Å². The molecule has 1 nitrogen and oxygen atoms in total. The number of nitrogens with zero attached hydrogens (tertiary/aromatic N) is 1. The second kappa shape index (κ2) is 2.67. The van der Waals surface area contributed by atoms with E-state index < -0.39 is 16.2 Å². The molecule has 0 aliphatic carbocycles. The van der Waals surface area contributed by atoms with Gasteiger partial charge in [-0.25, -0.2) is 4.98 Å². The summed E-state index contributed by atoms with van der Waals surface area (Å²) in [7, 11) is 5.00. The summed E-state index contributed by atoms with van der Waals surface area (Å²) < 4.78 is 35.7. The monoisotopic (exact) mass is 197 g/mol. The minimum Gasteiger partial charge on any atom is -0.241 e. The van der Waals surface area contributed by atoms with E-state index in [1.54, 1.807) is 0 Å². The van der Waals surface area contributed by atoms with Crippen LogP contribution in [0.4, 0.5) is 13.2 Å². The second-order valence-electron chi connectivity index (χ2n) is 1.67. The topological polar surface area (TPSA) is 12.9 Å². The lowest BCUT2D eigenvalue weighted by atomic mass is 10.2. The van der Waals surface area contributed by atoms with Crippen molar-refractivity contribution in [1.29, 1.82) is 0 Å². The lowest BCUT2D eigenvalue weighted by Gasteiger charge is -2.00. The molecular formula is C4BClF3NS. The number of halogens is 4. The highest BCUT2D eigenvalue weighted by Crippen LogP contribution is 2.35. The Bertz CT molecular complexity index is 271. The summed E-state index contributed by atoms with van der Waals surface area (Å²) >= 11 is 5.46. The molecule has 0 aliphatic heterocycles. The van der Waals surface area contributed by atoms with Crippen LogP contribution in [0.15, 0.2) is 0 Å². The fourth-order valence-corrected chi connectivity index (χ4v) is 1.45. The molecular weight excluding hydrogens is 197 g/mol. The highest BCUT2D eigenvalue weighted by atomic mass is 35.5. The quantitative estimate of drug-likeness (QED) is 0.576. The highest BCUT2D eigenvalue weighted by molar-refractivity contribution is 7.20. The summed E-state index contributed by atoms with van der Waals surface area (Å²) in [6, 6.07) is 0. The van der Waals surface area contributed by atoms with Crippen LogP contribution in [0.25, 0.3) is 0 Å². The van der Waals surface area contributed by atoms with Crippen molar-refractivity contribution in [3.8, 4) is 0 Å². The number of rotatable bonds is 0. The standard InChI is InChI=1S/C4BClF3NS/c5-3-10-2(6)1(11-3)4(7,8)9. The van der Waals surface area contributed by atoms with E-state index in [9.17, 15) is 13.2 Å². The zero-order valence-corrected chi connectivity index (χ0v) is 6.52. The summed E-state index contributed by atoms with van der Waals surface area (Å²) in [6.07, 6.45) is -4.45. The van der Waals surface area contributed by atoms with Gasteiger partial charge in [0, 0.05) is 4.91 Å². The SMILES string of the molecule is [B]c1nc(Cl)c(C(F)(F)F)s1. The molecule has 1 aromatic heterocycles. The Balaban J connectivity index is 3.13. The van der Waals surface area contributed by atoms with E-state index in [0.717, 1.165) is 0 Å². The van der Waals surface area contributed by atoms with E-state index in [1.807, 2.05) is 0 Å². The Hall–Kier alpha value is -0.225. The molecule has 0 unspecified atom stereocenters. The minimum atomic E-state index is -4.45. The van der Waals surface area contributed by atoms with Crippen molar-refractivity contribution in [3.63, 3.8) is 0 Å². The summed E-state index contributed by atoms with van der Waals surface area (Å²) in [4.78, 5) is 2.09. The normalized spacial score (nSPS) is 12.0. The number of aromatic nitrogens is 1. The van der Waals surface area contributed by atoms with Gasteiger partial charge in [-0.3, -0.25) is 0 Å². The Kier molecular flexibility index (Phi) is 2.16. The molecule has 7 heteroatoms. The zero-order valence-electron chi connectivity index (χ0n) is 4.94.